The predicted octanol–water partition coefficient (Wildman–Crippen LogP) is 1.92. The maximum absolute atomic E-state index is 12.5. The summed E-state index contributed by atoms with van der Waals surface area (Å²) in [5.74, 6) is 0. The zero-order valence-electron chi connectivity index (χ0n) is 8.19. The van der Waals surface area contributed by atoms with Gasteiger partial charge in [0.15, 0.2) is 0 Å². The van der Waals surface area contributed by atoms with Gasteiger partial charge in [0.05, 0.1) is 13.2 Å². The third kappa shape index (κ3) is 3.85. The molecule has 0 radical (unpaired) electrons. The highest BCUT2D eigenvalue weighted by molar-refractivity contribution is 5.13. The van der Waals surface area contributed by atoms with E-state index >= 15 is 0 Å². The molecule has 1 rings (SSSR count). The summed E-state index contributed by atoms with van der Waals surface area (Å²) in [6, 6.07) is 9.58. The molecule has 3 heteroatoms. The molecule has 0 heterocycles. The number of rotatable bonds is 5. The fraction of sp³-hybridized carbons (Fsp3) is 0.455. The van der Waals surface area contributed by atoms with Crippen molar-refractivity contribution >= 4 is 0 Å². The number of halogens is 1. The van der Waals surface area contributed by atoms with Gasteiger partial charge in [-0.25, -0.2) is 4.39 Å². The van der Waals surface area contributed by atoms with E-state index in [1.165, 1.54) is 6.92 Å². The van der Waals surface area contributed by atoms with Crippen LogP contribution in [0.1, 0.15) is 12.5 Å². The van der Waals surface area contributed by atoms with Crippen LogP contribution in [-0.2, 0) is 11.3 Å². The van der Waals surface area contributed by atoms with Gasteiger partial charge in [0.25, 0.3) is 0 Å². The number of benzene rings is 1. The maximum Gasteiger partial charge on any atom is 0.125 e. The van der Waals surface area contributed by atoms with E-state index in [-0.39, 0.29) is 6.61 Å². The summed E-state index contributed by atoms with van der Waals surface area (Å²) in [6.45, 7) is 1.76. The maximum atomic E-state index is 12.5. The molecule has 14 heavy (non-hydrogen) atoms. The van der Waals surface area contributed by atoms with E-state index < -0.39 is 12.3 Å². The molecule has 0 spiro atoms. The Kier molecular flexibility index (Phi) is 4.56. The van der Waals surface area contributed by atoms with E-state index in [1.807, 2.05) is 30.3 Å². The summed E-state index contributed by atoms with van der Waals surface area (Å²) < 4.78 is 17.6. The Morgan fingerprint density at radius 2 is 2.00 bits per heavy atom. The van der Waals surface area contributed by atoms with Crippen molar-refractivity contribution in [1.29, 1.82) is 0 Å². The highest BCUT2D eigenvalue weighted by Crippen LogP contribution is 2.03. The zero-order valence-corrected chi connectivity index (χ0v) is 8.19. The van der Waals surface area contributed by atoms with Crippen molar-refractivity contribution in [3.63, 3.8) is 0 Å². The molecule has 0 saturated heterocycles. The Bertz CT molecular complexity index is 249. The lowest BCUT2D eigenvalue weighted by Gasteiger charge is -2.11. The van der Waals surface area contributed by atoms with Crippen LogP contribution in [0.4, 0.5) is 4.39 Å². The molecular formula is C11H15FO2. The second-order valence-electron chi connectivity index (χ2n) is 3.25. The number of ether oxygens (including phenoxy) is 1. The minimum atomic E-state index is -1.24. The van der Waals surface area contributed by atoms with Crippen LogP contribution in [0.2, 0.25) is 0 Å². The highest BCUT2D eigenvalue weighted by atomic mass is 19.1. The van der Waals surface area contributed by atoms with Crippen LogP contribution in [-0.4, -0.2) is 24.0 Å². The Balaban J connectivity index is 2.22. The lowest BCUT2D eigenvalue weighted by Crippen LogP contribution is -2.24. The van der Waals surface area contributed by atoms with Crippen LogP contribution in [0.3, 0.4) is 0 Å². The molecule has 1 aromatic rings. The number of hydrogen-bond acceptors (Lipinski definition) is 2. The van der Waals surface area contributed by atoms with Crippen LogP contribution >= 0.6 is 0 Å². The van der Waals surface area contributed by atoms with Gasteiger partial charge in [0.1, 0.15) is 12.3 Å². The number of aliphatic hydroxyl groups is 1. The molecule has 0 bridgehead atoms. The van der Waals surface area contributed by atoms with Gasteiger partial charge in [-0.1, -0.05) is 30.3 Å². The summed E-state index contributed by atoms with van der Waals surface area (Å²) in [4.78, 5) is 0. The van der Waals surface area contributed by atoms with E-state index in [1.54, 1.807) is 0 Å². The van der Waals surface area contributed by atoms with Crippen molar-refractivity contribution in [2.24, 2.45) is 0 Å². The molecule has 0 fully saturated rings. The monoisotopic (exact) mass is 198 g/mol. The van der Waals surface area contributed by atoms with E-state index in [0.717, 1.165) is 5.56 Å². The highest BCUT2D eigenvalue weighted by Gasteiger charge is 2.12. The Hall–Kier alpha value is -0.930. The van der Waals surface area contributed by atoms with Crippen molar-refractivity contribution in [2.45, 2.75) is 25.8 Å². The molecule has 2 nitrogen and oxygen atoms in total. The summed E-state index contributed by atoms with van der Waals surface area (Å²) in [5, 5.41) is 9.10. The Morgan fingerprint density at radius 1 is 1.36 bits per heavy atom. The number of hydrogen-bond donors (Lipinski definition) is 1. The average molecular weight is 198 g/mol. The minimum absolute atomic E-state index is 0.0343. The van der Waals surface area contributed by atoms with Gasteiger partial charge < -0.3 is 9.84 Å². The summed E-state index contributed by atoms with van der Waals surface area (Å²) in [7, 11) is 0. The van der Waals surface area contributed by atoms with Gasteiger partial charge in [-0.2, -0.15) is 0 Å². The molecule has 0 aliphatic heterocycles. The molecule has 78 valence electrons. The Labute approximate surface area is 83.3 Å². The smallest absolute Gasteiger partial charge is 0.125 e. The third-order valence-electron chi connectivity index (χ3n) is 1.93. The minimum Gasteiger partial charge on any atom is -0.388 e. The first-order chi connectivity index (χ1) is 6.70. The lowest BCUT2D eigenvalue weighted by molar-refractivity contribution is -0.00767. The van der Waals surface area contributed by atoms with Crippen LogP contribution < -0.4 is 0 Å². The van der Waals surface area contributed by atoms with Crippen LogP contribution in [0.25, 0.3) is 0 Å². The number of aliphatic hydroxyl groups excluding tert-OH is 1. The fourth-order valence-electron chi connectivity index (χ4n) is 1.00. The van der Waals surface area contributed by atoms with Gasteiger partial charge in [0, 0.05) is 0 Å². The summed E-state index contributed by atoms with van der Waals surface area (Å²) >= 11 is 0. The average Bonchev–Trinajstić information content (AvgIpc) is 2.19. The second-order valence-corrected chi connectivity index (χ2v) is 3.25. The first-order valence-corrected chi connectivity index (χ1v) is 4.64. The third-order valence-corrected chi connectivity index (χ3v) is 1.93. The first-order valence-electron chi connectivity index (χ1n) is 4.64. The Morgan fingerprint density at radius 3 is 2.57 bits per heavy atom. The van der Waals surface area contributed by atoms with E-state index in [9.17, 15) is 4.39 Å². The second kappa shape index (κ2) is 5.73. The van der Waals surface area contributed by atoms with Gasteiger partial charge in [0.2, 0.25) is 0 Å². The standard InChI is InChI=1S/C11H15FO2/c1-9(12)11(13)8-14-7-10-5-3-2-4-6-10/h2-6,9,11,13H,7-8H2,1H3/t9-,11+/m1/s1. The van der Waals surface area contributed by atoms with Crippen LogP contribution in [0.15, 0.2) is 30.3 Å². The molecule has 0 unspecified atom stereocenters. The molecule has 0 aliphatic carbocycles. The fourth-order valence-corrected chi connectivity index (χ4v) is 1.00. The molecule has 0 saturated carbocycles. The lowest BCUT2D eigenvalue weighted by atomic mass is 10.2. The van der Waals surface area contributed by atoms with Crippen molar-refractivity contribution in [1.82, 2.24) is 0 Å². The van der Waals surface area contributed by atoms with E-state index in [0.29, 0.717) is 6.61 Å². The van der Waals surface area contributed by atoms with E-state index in [2.05, 4.69) is 0 Å². The molecule has 2 atom stereocenters. The molecule has 0 amide bonds. The summed E-state index contributed by atoms with van der Waals surface area (Å²) in [6.07, 6.45) is -2.27. The molecule has 1 aromatic carbocycles. The predicted molar refractivity (Wildman–Crippen MR) is 52.7 cm³/mol. The normalized spacial score (nSPS) is 15.1. The van der Waals surface area contributed by atoms with Gasteiger partial charge in [-0.15, -0.1) is 0 Å². The summed E-state index contributed by atoms with van der Waals surface area (Å²) in [5.41, 5.74) is 1.02. The topological polar surface area (TPSA) is 29.5 Å². The van der Waals surface area contributed by atoms with Crippen molar-refractivity contribution in [3.05, 3.63) is 35.9 Å². The molecule has 0 aliphatic rings. The zero-order chi connectivity index (χ0) is 10.4. The largest absolute Gasteiger partial charge is 0.388 e. The van der Waals surface area contributed by atoms with Gasteiger partial charge >= 0.3 is 0 Å². The molecule has 0 aromatic heterocycles. The van der Waals surface area contributed by atoms with Crippen molar-refractivity contribution < 1.29 is 14.2 Å². The number of alkyl halides is 1. The van der Waals surface area contributed by atoms with Crippen molar-refractivity contribution in [3.8, 4) is 0 Å². The van der Waals surface area contributed by atoms with Crippen molar-refractivity contribution in [2.75, 3.05) is 6.61 Å². The van der Waals surface area contributed by atoms with Crippen LogP contribution in [0.5, 0.6) is 0 Å². The van der Waals surface area contributed by atoms with Crippen LogP contribution in [0, 0.1) is 0 Å². The SMILES string of the molecule is C[C@@H](F)[C@@H](O)COCc1ccccc1. The van der Waals surface area contributed by atoms with Gasteiger partial charge in [-0.3, -0.25) is 0 Å². The molecule has 1 N–H and O–H groups in total. The quantitative estimate of drug-likeness (QED) is 0.783. The first kappa shape index (κ1) is 11.1. The van der Waals surface area contributed by atoms with Gasteiger partial charge in [-0.05, 0) is 12.5 Å². The molecular weight excluding hydrogens is 183 g/mol. The van der Waals surface area contributed by atoms with E-state index in [4.69, 9.17) is 9.84 Å².